The summed E-state index contributed by atoms with van der Waals surface area (Å²) in [5.41, 5.74) is 1.27. The van der Waals surface area contributed by atoms with Crippen LogP contribution in [0.15, 0.2) is 24.3 Å². The Hall–Kier alpha value is -2.06. The van der Waals surface area contributed by atoms with Crippen molar-refractivity contribution in [2.24, 2.45) is 0 Å². The maximum Gasteiger partial charge on any atom is 0.319 e. The quantitative estimate of drug-likeness (QED) is 0.834. The lowest BCUT2D eigenvalue weighted by molar-refractivity contribution is 0.245. The smallest absolute Gasteiger partial charge is 0.319 e. The van der Waals surface area contributed by atoms with Crippen molar-refractivity contribution in [1.29, 1.82) is 5.26 Å². The minimum atomic E-state index is -0.207. The van der Waals surface area contributed by atoms with E-state index >= 15 is 0 Å². The van der Waals surface area contributed by atoms with E-state index in [4.69, 9.17) is 5.26 Å². The molecule has 1 aliphatic carbocycles. The fourth-order valence-electron chi connectivity index (χ4n) is 2.15. The van der Waals surface area contributed by atoms with E-state index in [0.29, 0.717) is 17.8 Å². The largest absolute Gasteiger partial charge is 0.337 e. The summed E-state index contributed by atoms with van der Waals surface area (Å²) in [5, 5.41) is 14.3. The number of anilines is 1. The zero-order chi connectivity index (χ0) is 14.4. The van der Waals surface area contributed by atoms with E-state index in [1.54, 1.807) is 24.3 Å². The highest BCUT2D eigenvalue weighted by Gasteiger charge is 2.27. The fourth-order valence-corrected chi connectivity index (χ4v) is 2.15. The third-order valence-corrected chi connectivity index (χ3v) is 3.43. The number of nitrogens with one attached hydrogen (secondary N) is 2. The summed E-state index contributed by atoms with van der Waals surface area (Å²) >= 11 is 0. The number of amides is 2. The van der Waals surface area contributed by atoms with Crippen molar-refractivity contribution < 1.29 is 4.79 Å². The maximum atomic E-state index is 11.7. The van der Waals surface area contributed by atoms with Gasteiger partial charge in [0.2, 0.25) is 0 Å². The number of nitriles is 1. The predicted octanol–water partition coefficient (Wildman–Crippen LogP) is 2.16. The number of carbonyl (C=O) groups is 1. The fraction of sp³-hybridized carbons (Fsp3) is 0.467. The Morgan fingerprint density at radius 2 is 2.10 bits per heavy atom. The van der Waals surface area contributed by atoms with Crippen LogP contribution in [0, 0.1) is 11.3 Å². The molecular weight excluding hydrogens is 252 g/mol. The lowest BCUT2D eigenvalue weighted by Crippen LogP contribution is -2.37. The second-order valence-electron chi connectivity index (χ2n) is 4.93. The van der Waals surface area contributed by atoms with Gasteiger partial charge in [-0.25, -0.2) is 4.79 Å². The zero-order valence-corrected chi connectivity index (χ0v) is 11.7. The molecule has 1 aliphatic rings. The molecule has 1 fully saturated rings. The SMILES string of the molecule is CCN(CCNC(=O)Nc1ccc(C#N)cc1)C1CC1. The van der Waals surface area contributed by atoms with Gasteiger partial charge in [-0.15, -0.1) is 0 Å². The Labute approximate surface area is 119 Å². The first-order valence-corrected chi connectivity index (χ1v) is 7.02. The molecule has 0 spiro atoms. The van der Waals surface area contributed by atoms with Crippen LogP contribution in [0.5, 0.6) is 0 Å². The third kappa shape index (κ3) is 4.25. The van der Waals surface area contributed by atoms with Gasteiger partial charge in [0, 0.05) is 24.8 Å². The molecule has 0 aliphatic heterocycles. The van der Waals surface area contributed by atoms with Gasteiger partial charge in [-0.3, -0.25) is 4.90 Å². The number of hydrogen-bond acceptors (Lipinski definition) is 3. The van der Waals surface area contributed by atoms with E-state index in [1.807, 2.05) is 6.07 Å². The van der Waals surface area contributed by atoms with E-state index in [1.165, 1.54) is 12.8 Å². The number of urea groups is 1. The van der Waals surface area contributed by atoms with Gasteiger partial charge in [0.25, 0.3) is 0 Å². The first-order chi connectivity index (χ1) is 9.72. The van der Waals surface area contributed by atoms with Crippen LogP contribution < -0.4 is 10.6 Å². The summed E-state index contributed by atoms with van der Waals surface area (Å²) in [5.74, 6) is 0. The molecule has 106 valence electrons. The topological polar surface area (TPSA) is 68.2 Å². The molecule has 2 N–H and O–H groups in total. The molecule has 0 bridgehead atoms. The van der Waals surface area contributed by atoms with Crippen LogP contribution in [0.4, 0.5) is 10.5 Å². The Bertz CT molecular complexity index is 488. The van der Waals surface area contributed by atoms with Gasteiger partial charge in [0.1, 0.15) is 0 Å². The molecule has 1 saturated carbocycles. The zero-order valence-electron chi connectivity index (χ0n) is 11.7. The van der Waals surface area contributed by atoms with Crippen LogP contribution in [-0.4, -0.2) is 36.6 Å². The molecule has 0 heterocycles. The highest BCUT2D eigenvalue weighted by atomic mass is 16.2. The van der Waals surface area contributed by atoms with Crippen molar-refractivity contribution in [3.8, 4) is 6.07 Å². The maximum absolute atomic E-state index is 11.7. The lowest BCUT2D eigenvalue weighted by Gasteiger charge is -2.19. The van der Waals surface area contributed by atoms with Crippen molar-refractivity contribution in [1.82, 2.24) is 10.2 Å². The van der Waals surface area contributed by atoms with Crippen molar-refractivity contribution in [3.63, 3.8) is 0 Å². The van der Waals surface area contributed by atoms with Gasteiger partial charge in [-0.1, -0.05) is 6.92 Å². The monoisotopic (exact) mass is 272 g/mol. The van der Waals surface area contributed by atoms with Crippen molar-refractivity contribution in [3.05, 3.63) is 29.8 Å². The highest BCUT2D eigenvalue weighted by molar-refractivity contribution is 5.89. The van der Waals surface area contributed by atoms with Crippen LogP contribution in [-0.2, 0) is 0 Å². The number of nitrogens with zero attached hydrogens (tertiary/aromatic N) is 2. The molecule has 5 heteroatoms. The third-order valence-electron chi connectivity index (χ3n) is 3.43. The van der Waals surface area contributed by atoms with E-state index in [9.17, 15) is 4.79 Å². The Kier molecular flexibility index (Phi) is 4.97. The van der Waals surface area contributed by atoms with E-state index in [-0.39, 0.29) is 6.03 Å². The van der Waals surface area contributed by atoms with Crippen LogP contribution >= 0.6 is 0 Å². The van der Waals surface area contributed by atoms with Crippen molar-refractivity contribution >= 4 is 11.7 Å². The first kappa shape index (κ1) is 14.4. The number of rotatable bonds is 6. The van der Waals surface area contributed by atoms with E-state index in [2.05, 4.69) is 22.5 Å². The summed E-state index contributed by atoms with van der Waals surface area (Å²) in [4.78, 5) is 14.1. The Morgan fingerprint density at radius 1 is 1.40 bits per heavy atom. The van der Waals surface area contributed by atoms with Gasteiger partial charge < -0.3 is 10.6 Å². The summed E-state index contributed by atoms with van der Waals surface area (Å²) in [6.45, 7) is 4.72. The van der Waals surface area contributed by atoms with Crippen LogP contribution in [0.2, 0.25) is 0 Å². The molecule has 1 aromatic rings. The first-order valence-electron chi connectivity index (χ1n) is 7.02. The average molecular weight is 272 g/mol. The molecule has 0 aromatic heterocycles. The van der Waals surface area contributed by atoms with Gasteiger partial charge in [0.05, 0.1) is 11.6 Å². The molecule has 2 amide bonds. The van der Waals surface area contributed by atoms with Crippen molar-refractivity contribution in [2.75, 3.05) is 25.0 Å². The number of hydrogen-bond donors (Lipinski definition) is 2. The molecule has 5 nitrogen and oxygen atoms in total. The van der Waals surface area contributed by atoms with Gasteiger partial charge in [0.15, 0.2) is 0 Å². The minimum Gasteiger partial charge on any atom is -0.337 e. The van der Waals surface area contributed by atoms with Crippen LogP contribution in [0.25, 0.3) is 0 Å². The lowest BCUT2D eigenvalue weighted by atomic mass is 10.2. The minimum absolute atomic E-state index is 0.207. The summed E-state index contributed by atoms with van der Waals surface area (Å²) in [6.07, 6.45) is 2.57. The Morgan fingerprint density at radius 3 is 2.65 bits per heavy atom. The molecule has 0 unspecified atom stereocenters. The molecule has 0 atom stereocenters. The number of carbonyl (C=O) groups excluding carboxylic acids is 1. The summed E-state index contributed by atoms with van der Waals surface area (Å²) < 4.78 is 0. The van der Waals surface area contributed by atoms with Gasteiger partial charge in [-0.05, 0) is 43.7 Å². The summed E-state index contributed by atoms with van der Waals surface area (Å²) in [6, 6.07) is 9.37. The molecule has 0 saturated heterocycles. The standard InChI is InChI=1S/C15H20N4O/c1-2-19(14-7-8-14)10-9-17-15(20)18-13-5-3-12(11-16)4-6-13/h3-6,14H,2,7-10H2,1H3,(H2,17,18,20). The number of likely N-dealkylation sites (N-methyl/N-ethyl adjacent to an activating group) is 1. The van der Waals surface area contributed by atoms with Crippen LogP contribution in [0.3, 0.4) is 0 Å². The molecular formula is C15H20N4O. The normalized spacial score (nSPS) is 13.8. The molecule has 1 aromatic carbocycles. The molecule has 2 rings (SSSR count). The Balaban J connectivity index is 1.70. The van der Waals surface area contributed by atoms with Gasteiger partial charge in [-0.2, -0.15) is 5.26 Å². The highest BCUT2D eigenvalue weighted by Crippen LogP contribution is 2.25. The van der Waals surface area contributed by atoms with Crippen LogP contribution in [0.1, 0.15) is 25.3 Å². The number of benzene rings is 1. The van der Waals surface area contributed by atoms with Gasteiger partial charge >= 0.3 is 6.03 Å². The molecule has 0 radical (unpaired) electrons. The van der Waals surface area contributed by atoms with E-state index in [0.717, 1.165) is 19.1 Å². The predicted molar refractivity (Wildman–Crippen MR) is 78.4 cm³/mol. The summed E-state index contributed by atoms with van der Waals surface area (Å²) in [7, 11) is 0. The second-order valence-corrected chi connectivity index (χ2v) is 4.93. The van der Waals surface area contributed by atoms with E-state index < -0.39 is 0 Å². The second kappa shape index (κ2) is 6.92. The average Bonchev–Trinajstić information content (AvgIpc) is 3.29. The van der Waals surface area contributed by atoms with Crippen molar-refractivity contribution in [2.45, 2.75) is 25.8 Å². The molecule has 20 heavy (non-hydrogen) atoms.